The van der Waals surface area contributed by atoms with Crippen molar-refractivity contribution in [3.05, 3.63) is 52.5 Å². The van der Waals surface area contributed by atoms with E-state index in [9.17, 15) is 0 Å². The van der Waals surface area contributed by atoms with Gasteiger partial charge in [0, 0.05) is 49.5 Å². The van der Waals surface area contributed by atoms with E-state index in [1.165, 1.54) is 10.4 Å². The van der Waals surface area contributed by atoms with Crippen molar-refractivity contribution in [2.75, 3.05) is 13.1 Å². The molecule has 108 valence electrons. The monoisotopic (exact) mass is 289 g/mol. The normalized spacial score (nSPS) is 11.4. The van der Waals surface area contributed by atoms with Gasteiger partial charge >= 0.3 is 0 Å². The maximum Gasteiger partial charge on any atom is 0.0331 e. The summed E-state index contributed by atoms with van der Waals surface area (Å²) < 4.78 is 0. The molecule has 0 saturated heterocycles. The number of nitrogens with zero attached hydrogens (tertiary/aromatic N) is 2. The van der Waals surface area contributed by atoms with Crippen molar-refractivity contribution in [3.8, 4) is 0 Å². The summed E-state index contributed by atoms with van der Waals surface area (Å²) in [6, 6.07) is 8.99. The molecule has 0 aromatic carbocycles. The Hall–Kier alpha value is -1.23. The minimum atomic E-state index is 0.567. The van der Waals surface area contributed by atoms with E-state index in [2.05, 4.69) is 52.6 Å². The molecule has 2 heterocycles. The summed E-state index contributed by atoms with van der Waals surface area (Å²) >= 11 is 1.83. The van der Waals surface area contributed by atoms with Gasteiger partial charge in [-0.2, -0.15) is 0 Å². The number of nitrogens with one attached hydrogen (secondary N) is 1. The standard InChI is InChI=1S/C16H23N3S/c1-14(2)19(13-16-6-4-10-20-16)9-8-18-12-15-5-3-7-17-11-15/h3-7,10-11,14,18H,8-9,12-13H2,1-2H3. The van der Waals surface area contributed by atoms with Gasteiger partial charge in [-0.15, -0.1) is 11.3 Å². The molecule has 1 N–H and O–H groups in total. The van der Waals surface area contributed by atoms with E-state index in [-0.39, 0.29) is 0 Å². The molecule has 3 nitrogen and oxygen atoms in total. The van der Waals surface area contributed by atoms with Crippen LogP contribution in [0.5, 0.6) is 0 Å². The largest absolute Gasteiger partial charge is 0.311 e. The molecule has 0 spiro atoms. The third-order valence-corrected chi connectivity index (χ3v) is 4.16. The molecule has 0 unspecified atom stereocenters. The summed E-state index contributed by atoms with van der Waals surface area (Å²) in [6.07, 6.45) is 3.73. The maximum absolute atomic E-state index is 4.13. The maximum atomic E-state index is 4.13. The number of thiophene rings is 1. The Balaban J connectivity index is 1.72. The van der Waals surface area contributed by atoms with Crippen molar-refractivity contribution in [1.82, 2.24) is 15.2 Å². The van der Waals surface area contributed by atoms with Crippen LogP contribution in [0.3, 0.4) is 0 Å². The third-order valence-electron chi connectivity index (χ3n) is 3.30. The molecule has 2 aromatic heterocycles. The lowest BCUT2D eigenvalue weighted by Gasteiger charge is -2.26. The van der Waals surface area contributed by atoms with Gasteiger partial charge in [0.2, 0.25) is 0 Å². The summed E-state index contributed by atoms with van der Waals surface area (Å²) in [7, 11) is 0. The zero-order chi connectivity index (χ0) is 14.2. The molecule has 20 heavy (non-hydrogen) atoms. The predicted molar refractivity (Wildman–Crippen MR) is 85.8 cm³/mol. The minimum Gasteiger partial charge on any atom is -0.311 e. The highest BCUT2D eigenvalue weighted by molar-refractivity contribution is 7.09. The molecule has 0 aliphatic heterocycles. The van der Waals surface area contributed by atoms with Gasteiger partial charge in [0.25, 0.3) is 0 Å². The highest BCUT2D eigenvalue weighted by atomic mass is 32.1. The predicted octanol–water partition coefficient (Wildman–Crippen LogP) is 3.14. The van der Waals surface area contributed by atoms with Crippen LogP contribution in [-0.4, -0.2) is 29.0 Å². The number of aromatic nitrogens is 1. The van der Waals surface area contributed by atoms with Crippen molar-refractivity contribution in [2.45, 2.75) is 33.0 Å². The van der Waals surface area contributed by atoms with Crippen LogP contribution >= 0.6 is 11.3 Å². The Morgan fingerprint density at radius 1 is 1.30 bits per heavy atom. The third kappa shape index (κ3) is 5.04. The van der Waals surface area contributed by atoms with Crippen LogP contribution in [0, 0.1) is 0 Å². The van der Waals surface area contributed by atoms with Crippen molar-refractivity contribution in [3.63, 3.8) is 0 Å². The Kier molecular flexibility index (Phi) is 6.18. The summed E-state index contributed by atoms with van der Waals surface area (Å²) in [4.78, 5) is 8.07. The van der Waals surface area contributed by atoms with Gasteiger partial charge < -0.3 is 5.32 Å². The van der Waals surface area contributed by atoms with Crippen LogP contribution in [0.25, 0.3) is 0 Å². The fraction of sp³-hybridized carbons (Fsp3) is 0.438. The Morgan fingerprint density at radius 2 is 2.20 bits per heavy atom. The number of rotatable bonds is 8. The summed E-state index contributed by atoms with van der Waals surface area (Å²) in [5, 5.41) is 5.64. The zero-order valence-electron chi connectivity index (χ0n) is 12.2. The molecule has 0 amide bonds. The van der Waals surface area contributed by atoms with Crippen LogP contribution in [0.2, 0.25) is 0 Å². The zero-order valence-corrected chi connectivity index (χ0v) is 13.1. The Bertz CT molecular complexity index is 468. The van der Waals surface area contributed by atoms with Gasteiger partial charge in [-0.25, -0.2) is 0 Å². The van der Waals surface area contributed by atoms with E-state index in [0.717, 1.165) is 26.2 Å². The number of hydrogen-bond acceptors (Lipinski definition) is 4. The lowest BCUT2D eigenvalue weighted by molar-refractivity contribution is 0.215. The summed E-state index contributed by atoms with van der Waals surface area (Å²) in [5.74, 6) is 0. The molecular weight excluding hydrogens is 266 g/mol. The molecule has 0 fully saturated rings. The fourth-order valence-electron chi connectivity index (χ4n) is 2.08. The second-order valence-electron chi connectivity index (χ2n) is 5.18. The van der Waals surface area contributed by atoms with Crippen molar-refractivity contribution in [1.29, 1.82) is 0 Å². The van der Waals surface area contributed by atoms with E-state index in [1.807, 2.05) is 29.8 Å². The highest BCUT2D eigenvalue weighted by Crippen LogP contribution is 2.13. The van der Waals surface area contributed by atoms with Gasteiger partial charge in [-0.1, -0.05) is 12.1 Å². The average molecular weight is 289 g/mol. The van der Waals surface area contributed by atoms with Crippen LogP contribution in [0.4, 0.5) is 0 Å². The SMILES string of the molecule is CC(C)N(CCNCc1cccnc1)Cc1cccs1. The van der Waals surface area contributed by atoms with Crippen molar-refractivity contribution in [2.24, 2.45) is 0 Å². The van der Waals surface area contributed by atoms with Crippen molar-refractivity contribution >= 4 is 11.3 Å². The minimum absolute atomic E-state index is 0.567. The van der Waals surface area contributed by atoms with Gasteiger partial charge in [-0.05, 0) is 36.9 Å². The van der Waals surface area contributed by atoms with E-state index >= 15 is 0 Å². The summed E-state index contributed by atoms with van der Waals surface area (Å²) in [5.41, 5.74) is 1.24. The molecule has 0 atom stereocenters. The second kappa shape index (κ2) is 8.15. The first-order valence-corrected chi connectivity index (χ1v) is 7.99. The van der Waals surface area contributed by atoms with Crippen LogP contribution in [0.1, 0.15) is 24.3 Å². The first kappa shape index (κ1) is 15.2. The Labute approximate surface area is 125 Å². The van der Waals surface area contributed by atoms with Gasteiger partial charge in [-0.3, -0.25) is 9.88 Å². The lowest BCUT2D eigenvalue weighted by Crippen LogP contribution is -2.36. The van der Waals surface area contributed by atoms with E-state index in [1.54, 1.807) is 0 Å². The van der Waals surface area contributed by atoms with Crippen LogP contribution in [-0.2, 0) is 13.1 Å². The summed E-state index contributed by atoms with van der Waals surface area (Å²) in [6.45, 7) is 8.51. The topological polar surface area (TPSA) is 28.2 Å². The quantitative estimate of drug-likeness (QED) is 0.757. The van der Waals surface area contributed by atoms with E-state index in [4.69, 9.17) is 0 Å². The van der Waals surface area contributed by atoms with E-state index in [0.29, 0.717) is 6.04 Å². The number of pyridine rings is 1. The molecule has 2 rings (SSSR count). The molecule has 0 saturated carbocycles. The first-order valence-electron chi connectivity index (χ1n) is 7.12. The molecule has 2 aromatic rings. The fourth-order valence-corrected chi connectivity index (χ4v) is 2.81. The van der Waals surface area contributed by atoms with Crippen molar-refractivity contribution < 1.29 is 0 Å². The smallest absolute Gasteiger partial charge is 0.0331 e. The molecule has 0 radical (unpaired) electrons. The lowest BCUT2D eigenvalue weighted by atomic mass is 10.2. The van der Waals surface area contributed by atoms with Gasteiger partial charge in [0.15, 0.2) is 0 Å². The van der Waals surface area contributed by atoms with Gasteiger partial charge in [0.1, 0.15) is 0 Å². The van der Waals surface area contributed by atoms with Crippen LogP contribution < -0.4 is 5.32 Å². The molecular formula is C16H23N3S. The Morgan fingerprint density at radius 3 is 2.85 bits per heavy atom. The van der Waals surface area contributed by atoms with Gasteiger partial charge in [0.05, 0.1) is 0 Å². The van der Waals surface area contributed by atoms with Crippen LogP contribution in [0.15, 0.2) is 42.0 Å². The average Bonchev–Trinajstić information content (AvgIpc) is 2.96. The molecule has 0 bridgehead atoms. The molecule has 4 heteroatoms. The second-order valence-corrected chi connectivity index (χ2v) is 6.21. The molecule has 0 aliphatic carbocycles. The number of hydrogen-bond donors (Lipinski definition) is 1. The highest BCUT2D eigenvalue weighted by Gasteiger charge is 2.10. The van der Waals surface area contributed by atoms with E-state index < -0.39 is 0 Å². The first-order chi connectivity index (χ1) is 9.75. The molecule has 0 aliphatic rings.